The molecule has 0 bridgehead atoms. The molecule has 2 aliphatic rings. The maximum atomic E-state index is 14.1. The Morgan fingerprint density at radius 1 is 0.966 bits per heavy atom. The number of amides is 1. The van der Waals surface area contributed by atoms with Crippen LogP contribution >= 0.6 is 22.9 Å². The van der Waals surface area contributed by atoms with E-state index in [1.807, 2.05) is 107 Å². The fourth-order valence-electron chi connectivity index (χ4n) is 7.43. The van der Waals surface area contributed by atoms with Crippen LogP contribution in [0.1, 0.15) is 50.1 Å². The minimum atomic E-state index is -1.16. The molecule has 0 fully saturated rings. The second-order valence-corrected chi connectivity index (χ2v) is 15.8. The Hall–Kier alpha value is -6.32. The monoisotopic (exact) mass is 808 g/mol. The molecular weight excluding hydrogens is 772 g/mol. The van der Waals surface area contributed by atoms with Gasteiger partial charge in [0.1, 0.15) is 29.2 Å². The quantitative estimate of drug-likeness (QED) is 0.126. The average Bonchev–Trinajstić information content (AvgIpc) is 3.75. The summed E-state index contributed by atoms with van der Waals surface area (Å²) in [5, 5.41) is 25.5. The van der Waals surface area contributed by atoms with Crippen molar-refractivity contribution < 1.29 is 29.0 Å². The Morgan fingerprint density at radius 2 is 1.72 bits per heavy atom. The molecule has 0 saturated carbocycles. The number of rotatable bonds is 12. The Bertz CT molecular complexity index is 2500. The molecule has 6 aromatic rings. The van der Waals surface area contributed by atoms with Gasteiger partial charge in [-0.05, 0) is 82.3 Å². The van der Waals surface area contributed by atoms with Crippen molar-refractivity contribution in [3.63, 3.8) is 0 Å². The van der Waals surface area contributed by atoms with Crippen molar-refractivity contribution in [1.29, 1.82) is 5.26 Å². The van der Waals surface area contributed by atoms with E-state index in [0.29, 0.717) is 48.2 Å². The number of nitrogens with zero attached hydrogens (tertiary/aromatic N) is 3. The van der Waals surface area contributed by atoms with E-state index in [2.05, 4.69) is 16.4 Å². The normalized spacial score (nSPS) is 16.6. The summed E-state index contributed by atoms with van der Waals surface area (Å²) < 4.78 is 12.3. The lowest BCUT2D eigenvalue weighted by Gasteiger charge is -2.37. The van der Waals surface area contributed by atoms with Crippen LogP contribution in [0.15, 0.2) is 121 Å². The number of carbonyl (C=O) groups excluding carboxylic acids is 2. The highest BCUT2D eigenvalue weighted by Crippen LogP contribution is 2.38. The first-order valence-corrected chi connectivity index (χ1v) is 20.0. The predicted octanol–water partition coefficient (Wildman–Crippen LogP) is 7.90. The van der Waals surface area contributed by atoms with Crippen molar-refractivity contribution in [2.45, 2.75) is 57.1 Å². The number of aliphatic carboxylic acids is 1. The second kappa shape index (κ2) is 17.0. The first-order valence-electron chi connectivity index (χ1n) is 18.8. The SMILES string of the molecule is N#Cc1ccc(-c2ccc(C[C@H](NC(=O)[C@@H]3Cc4cc5c(cc4CN3Cc3nccs3)OC(c3ccc(OCc4cccc(Cl)c4)cc3)C(=O)C5)C(=O)O)cc2)cc1. The number of carbonyl (C=O) groups is 3. The van der Waals surface area contributed by atoms with Gasteiger partial charge < -0.3 is 19.9 Å². The maximum absolute atomic E-state index is 14.1. The lowest BCUT2D eigenvalue weighted by atomic mass is 9.88. The van der Waals surface area contributed by atoms with E-state index in [9.17, 15) is 19.5 Å². The summed E-state index contributed by atoms with van der Waals surface area (Å²) in [5.74, 6) is -0.326. The van der Waals surface area contributed by atoms with Crippen molar-refractivity contribution in [3.05, 3.63) is 170 Å². The van der Waals surface area contributed by atoms with E-state index in [4.69, 9.17) is 26.3 Å². The lowest BCUT2D eigenvalue weighted by molar-refractivity contribution is -0.142. The van der Waals surface area contributed by atoms with E-state index in [1.165, 1.54) is 11.3 Å². The lowest BCUT2D eigenvalue weighted by Crippen LogP contribution is -2.54. The highest BCUT2D eigenvalue weighted by atomic mass is 35.5. The number of carboxylic acid groups (broad SMARTS) is 1. The number of nitrogens with one attached hydrogen (secondary N) is 1. The van der Waals surface area contributed by atoms with Crippen LogP contribution in [0.2, 0.25) is 5.02 Å². The molecule has 0 saturated heterocycles. The molecule has 3 atom stereocenters. The number of aromatic nitrogens is 1. The summed E-state index contributed by atoms with van der Waals surface area (Å²) in [6, 6.07) is 33.8. The standard InChI is InChI=1S/C46H37ClN4O6S/c47-37-3-1-2-30(18-37)27-56-38-14-12-33(13-15-38)44-41(52)22-35-20-34-21-40(51(26-43-49-16-17-58-43)25-36(34)23-42(35)57-44)45(53)50-39(46(54)55)19-28-4-8-31(9-5-28)32-10-6-29(24-48)7-11-32/h1-18,20,23,39-40,44H,19,21-22,25-27H2,(H,50,53)(H,54,55)/t39-,40-,44?/m0/s1. The minimum absolute atomic E-state index is 0.0789. The number of halogens is 1. The molecule has 5 aromatic carbocycles. The number of carboxylic acids is 1. The molecule has 0 aliphatic carbocycles. The Labute approximate surface area is 344 Å². The van der Waals surface area contributed by atoms with Gasteiger partial charge in [0.05, 0.1) is 24.2 Å². The van der Waals surface area contributed by atoms with Gasteiger partial charge in [0, 0.05) is 47.1 Å². The summed E-state index contributed by atoms with van der Waals surface area (Å²) in [4.78, 5) is 46.6. The fraction of sp³-hybridized carbons (Fsp3) is 0.196. The summed E-state index contributed by atoms with van der Waals surface area (Å²) >= 11 is 7.59. The van der Waals surface area contributed by atoms with Gasteiger partial charge in [-0.1, -0.05) is 78.3 Å². The first kappa shape index (κ1) is 38.5. The molecule has 12 heteroatoms. The Kier molecular flexibility index (Phi) is 11.3. The zero-order chi connectivity index (χ0) is 40.2. The van der Waals surface area contributed by atoms with Gasteiger partial charge >= 0.3 is 5.97 Å². The largest absolute Gasteiger partial charge is 0.489 e. The van der Waals surface area contributed by atoms with Gasteiger partial charge in [0.25, 0.3) is 0 Å². The van der Waals surface area contributed by atoms with Crippen LogP contribution in [0.4, 0.5) is 0 Å². The minimum Gasteiger partial charge on any atom is -0.489 e. The van der Waals surface area contributed by atoms with Gasteiger partial charge in [-0.3, -0.25) is 14.5 Å². The molecule has 1 amide bonds. The highest BCUT2D eigenvalue weighted by Gasteiger charge is 2.37. The number of fused-ring (bicyclic) bond motifs is 2. The zero-order valence-corrected chi connectivity index (χ0v) is 32.7. The van der Waals surface area contributed by atoms with Gasteiger partial charge in [-0.15, -0.1) is 11.3 Å². The van der Waals surface area contributed by atoms with E-state index in [1.54, 1.807) is 18.3 Å². The number of ketones is 1. The van der Waals surface area contributed by atoms with Crippen molar-refractivity contribution in [1.82, 2.24) is 15.2 Å². The van der Waals surface area contributed by atoms with E-state index in [-0.39, 0.29) is 18.6 Å². The topological polar surface area (TPSA) is 142 Å². The third-order valence-electron chi connectivity index (χ3n) is 10.5. The average molecular weight is 809 g/mol. The van der Waals surface area contributed by atoms with Crippen LogP contribution in [-0.2, 0) is 53.3 Å². The van der Waals surface area contributed by atoms with Gasteiger partial charge in [-0.2, -0.15) is 5.26 Å². The summed E-state index contributed by atoms with van der Waals surface area (Å²) in [6.07, 6.45) is 1.53. The number of thiazole rings is 1. The fourth-order valence-corrected chi connectivity index (χ4v) is 8.29. The molecule has 0 radical (unpaired) electrons. The first-order chi connectivity index (χ1) is 28.2. The Morgan fingerprint density at radius 3 is 2.41 bits per heavy atom. The van der Waals surface area contributed by atoms with Crippen LogP contribution < -0.4 is 14.8 Å². The van der Waals surface area contributed by atoms with E-state index in [0.717, 1.165) is 49.5 Å². The van der Waals surface area contributed by atoms with Crippen LogP contribution in [0.5, 0.6) is 11.5 Å². The molecule has 2 aliphatic heterocycles. The van der Waals surface area contributed by atoms with Crippen LogP contribution in [0.3, 0.4) is 0 Å². The molecule has 2 N–H and O–H groups in total. The van der Waals surface area contributed by atoms with Crippen LogP contribution in [0.25, 0.3) is 11.1 Å². The number of benzene rings is 5. The molecule has 58 heavy (non-hydrogen) atoms. The molecular formula is C46H37ClN4O6S. The van der Waals surface area contributed by atoms with Crippen molar-refractivity contribution in [3.8, 4) is 28.7 Å². The second-order valence-electron chi connectivity index (χ2n) is 14.4. The molecule has 1 unspecified atom stereocenters. The highest BCUT2D eigenvalue weighted by molar-refractivity contribution is 7.09. The number of nitriles is 1. The third-order valence-corrected chi connectivity index (χ3v) is 11.5. The smallest absolute Gasteiger partial charge is 0.326 e. The van der Waals surface area contributed by atoms with Crippen LogP contribution in [-0.4, -0.2) is 44.7 Å². The van der Waals surface area contributed by atoms with Crippen molar-refractivity contribution >= 4 is 40.6 Å². The Balaban J connectivity index is 0.966. The molecule has 0 spiro atoms. The predicted molar refractivity (Wildman–Crippen MR) is 219 cm³/mol. The van der Waals surface area contributed by atoms with Crippen molar-refractivity contribution in [2.24, 2.45) is 0 Å². The molecule has 10 nitrogen and oxygen atoms in total. The van der Waals surface area contributed by atoms with E-state index < -0.39 is 30.1 Å². The molecule has 8 rings (SSSR count). The van der Waals surface area contributed by atoms with Gasteiger partial charge in [0.15, 0.2) is 11.9 Å². The number of Topliss-reactive ketones (excluding diaryl/α,β-unsaturated/α-hetero) is 1. The molecule has 3 heterocycles. The molecule has 1 aromatic heterocycles. The third kappa shape index (κ3) is 8.80. The molecule has 290 valence electrons. The number of ether oxygens (including phenoxy) is 2. The summed E-state index contributed by atoms with van der Waals surface area (Å²) in [5.41, 5.74) is 7.49. The summed E-state index contributed by atoms with van der Waals surface area (Å²) in [7, 11) is 0. The number of hydrogen-bond acceptors (Lipinski definition) is 9. The van der Waals surface area contributed by atoms with E-state index >= 15 is 0 Å². The van der Waals surface area contributed by atoms with Gasteiger partial charge in [-0.25, -0.2) is 9.78 Å². The van der Waals surface area contributed by atoms with Crippen molar-refractivity contribution in [2.75, 3.05) is 0 Å². The maximum Gasteiger partial charge on any atom is 0.326 e. The van der Waals surface area contributed by atoms with Crippen LogP contribution in [0, 0.1) is 11.3 Å². The number of hydrogen-bond donors (Lipinski definition) is 2. The zero-order valence-electron chi connectivity index (χ0n) is 31.1. The van der Waals surface area contributed by atoms with Gasteiger partial charge in [0.2, 0.25) is 5.91 Å². The summed E-state index contributed by atoms with van der Waals surface area (Å²) in [6.45, 7) is 1.15.